The summed E-state index contributed by atoms with van der Waals surface area (Å²) < 4.78 is 24.0. The highest BCUT2D eigenvalue weighted by Gasteiger charge is 2.31. The Morgan fingerprint density at radius 3 is 2.85 bits per heavy atom. The molecule has 1 aliphatic heterocycles. The molecule has 0 saturated carbocycles. The number of nitrogens with one attached hydrogen (secondary N) is 1. The summed E-state index contributed by atoms with van der Waals surface area (Å²) >= 11 is 1.72. The Balaban J connectivity index is 2.32. The van der Waals surface area contributed by atoms with Crippen LogP contribution in [0.3, 0.4) is 0 Å². The molecule has 6 heteroatoms. The van der Waals surface area contributed by atoms with Crippen LogP contribution in [0, 0.1) is 0 Å². The lowest BCUT2D eigenvalue weighted by atomic mass is 10.1. The number of rotatable bonds is 5. The van der Waals surface area contributed by atoms with Crippen LogP contribution in [-0.2, 0) is 16.4 Å². The second kappa shape index (κ2) is 6.83. The number of para-hydroxylation sites is 1. The molecule has 0 aromatic heterocycles. The van der Waals surface area contributed by atoms with E-state index >= 15 is 0 Å². The normalized spacial score (nSPS) is 20.1. The maximum atomic E-state index is 12.0. The molecule has 1 aliphatic rings. The Morgan fingerprint density at radius 1 is 1.40 bits per heavy atom. The molecular weight excluding hydrogens is 292 g/mol. The van der Waals surface area contributed by atoms with Gasteiger partial charge in [-0.05, 0) is 18.2 Å². The largest absolute Gasteiger partial charge is 0.353 e. The van der Waals surface area contributed by atoms with E-state index in [1.54, 1.807) is 11.8 Å². The van der Waals surface area contributed by atoms with Gasteiger partial charge in [0.25, 0.3) is 0 Å². The van der Waals surface area contributed by atoms with Gasteiger partial charge in [-0.1, -0.05) is 25.1 Å². The maximum absolute atomic E-state index is 12.0. The standard InChI is InChI=1S/C14H22N2O2S2/c1-3-15-10-12-6-4-5-7-13(12)16-8-9-19-11-14(16)20(2,17)18/h4-7,14-15H,3,8-11H2,1-2H3. The Hall–Kier alpha value is -0.720. The van der Waals surface area contributed by atoms with E-state index in [-0.39, 0.29) is 0 Å². The minimum atomic E-state index is -3.08. The van der Waals surface area contributed by atoms with E-state index < -0.39 is 15.2 Å². The zero-order valence-electron chi connectivity index (χ0n) is 12.0. The van der Waals surface area contributed by atoms with E-state index in [1.807, 2.05) is 18.2 Å². The molecule has 2 rings (SSSR count). The van der Waals surface area contributed by atoms with Gasteiger partial charge in [-0.2, -0.15) is 11.8 Å². The molecule has 0 radical (unpaired) electrons. The third-order valence-electron chi connectivity index (χ3n) is 3.45. The van der Waals surface area contributed by atoms with Gasteiger partial charge < -0.3 is 10.2 Å². The van der Waals surface area contributed by atoms with Crippen LogP contribution >= 0.6 is 11.8 Å². The summed E-state index contributed by atoms with van der Waals surface area (Å²) in [6.07, 6.45) is 1.34. The van der Waals surface area contributed by atoms with Crippen molar-refractivity contribution < 1.29 is 8.42 Å². The first kappa shape index (κ1) is 15.7. The molecule has 112 valence electrons. The summed E-state index contributed by atoms with van der Waals surface area (Å²) in [6.45, 7) is 4.53. The van der Waals surface area contributed by atoms with Gasteiger partial charge in [0.15, 0.2) is 9.84 Å². The van der Waals surface area contributed by atoms with Gasteiger partial charge in [-0.25, -0.2) is 8.42 Å². The molecule has 20 heavy (non-hydrogen) atoms. The van der Waals surface area contributed by atoms with Crippen molar-refractivity contribution in [1.82, 2.24) is 5.32 Å². The third kappa shape index (κ3) is 3.68. The maximum Gasteiger partial charge on any atom is 0.169 e. The fourth-order valence-corrected chi connectivity index (χ4v) is 5.24. The van der Waals surface area contributed by atoms with Crippen LogP contribution in [0.4, 0.5) is 5.69 Å². The number of nitrogens with zero attached hydrogens (tertiary/aromatic N) is 1. The van der Waals surface area contributed by atoms with Crippen molar-refractivity contribution in [3.63, 3.8) is 0 Å². The summed E-state index contributed by atoms with van der Waals surface area (Å²) in [5, 5.41) is 2.90. The van der Waals surface area contributed by atoms with E-state index in [1.165, 1.54) is 6.26 Å². The van der Waals surface area contributed by atoms with Crippen molar-refractivity contribution in [3.8, 4) is 0 Å². The minimum Gasteiger partial charge on any atom is -0.353 e. The van der Waals surface area contributed by atoms with Crippen molar-refractivity contribution >= 4 is 27.3 Å². The summed E-state index contributed by atoms with van der Waals surface area (Å²) in [7, 11) is -3.08. The van der Waals surface area contributed by atoms with Crippen LogP contribution in [0.5, 0.6) is 0 Å². The average molecular weight is 314 g/mol. The van der Waals surface area contributed by atoms with Gasteiger partial charge in [-0.3, -0.25) is 0 Å². The van der Waals surface area contributed by atoms with Gasteiger partial charge in [0.05, 0.1) is 0 Å². The number of thioether (sulfide) groups is 1. The Bertz CT molecular complexity index is 546. The smallest absolute Gasteiger partial charge is 0.169 e. The molecule has 0 spiro atoms. The number of anilines is 1. The predicted molar refractivity (Wildman–Crippen MR) is 87.1 cm³/mol. The highest BCUT2D eigenvalue weighted by atomic mass is 32.2. The van der Waals surface area contributed by atoms with Crippen molar-refractivity contribution in [2.75, 3.05) is 35.8 Å². The first-order chi connectivity index (χ1) is 9.54. The van der Waals surface area contributed by atoms with Gasteiger partial charge in [0, 0.05) is 36.5 Å². The lowest BCUT2D eigenvalue weighted by molar-refractivity contribution is 0.584. The van der Waals surface area contributed by atoms with Crippen LogP contribution in [0.1, 0.15) is 12.5 Å². The Kier molecular flexibility index (Phi) is 5.35. The third-order valence-corrected chi connectivity index (χ3v) is 6.09. The van der Waals surface area contributed by atoms with E-state index in [4.69, 9.17) is 0 Å². The Labute approximate surface area is 125 Å². The van der Waals surface area contributed by atoms with Crippen LogP contribution < -0.4 is 10.2 Å². The summed E-state index contributed by atoms with van der Waals surface area (Å²) in [5.74, 6) is 1.62. The molecule has 0 amide bonds. The van der Waals surface area contributed by atoms with Crippen molar-refractivity contribution in [3.05, 3.63) is 29.8 Å². The summed E-state index contributed by atoms with van der Waals surface area (Å²) in [5.41, 5.74) is 2.21. The summed E-state index contributed by atoms with van der Waals surface area (Å²) in [6, 6.07) is 8.08. The average Bonchev–Trinajstić information content (AvgIpc) is 2.44. The lowest BCUT2D eigenvalue weighted by Crippen LogP contribution is -2.47. The topological polar surface area (TPSA) is 49.4 Å². The highest BCUT2D eigenvalue weighted by Crippen LogP contribution is 2.29. The summed E-state index contributed by atoms with van der Waals surface area (Å²) in [4.78, 5) is 2.05. The fourth-order valence-electron chi connectivity index (χ4n) is 2.41. The molecule has 1 aromatic rings. The monoisotopic (exact) mass is 314 g/mol. The molecule has 4 nitrogen and oxygen atoms in total. The molecule has 1 heterocycles. The first-order valence-corrected chi connectivity index (χ1v) is 9.97. The molecular formula is C14H22N2O2S2. The minimum absolute atomic E-state index is 0.413. The van der Waals surface area contributed by atoms with Crippen molar-refractivity contribution in [2.45, 2.75) is 18.8 Å². The Morgan fingerprint density at radius 2 is 2.15 bits per heavy atom. The number of hydrogen-bond donors (Lipinski definition) is 1. The van der Waals surface area contributed by atoms with E-state index in [2.05, 4.69) is 23.2 Å². The second-order valence-electron chi connectivity index (χ2n) is 4.96. The van der Waals surface area contributed by atoms with Crippen LogP contribution in [0.15, 0.2) is 24.3 Å². The van der Waals surface area contributed by atoms with Gasteiger partial charge in [-0.15, -0.1) is 0 Å². The highest BCUT2D eigenvalue weighted by molar-refractivity contribution is 8.01. The zero-order chi connectivity index (χ0) is 14.6. The van der Waals surface area contributed by atoms with E-state index in [0.29, 0.717) is 5.75 Å². The number of sulfone groups is 1. The van der Waals surface area contributed by atoms with Gasteiger partial charge in [0.2, 0.25) is 0 Å². The van der Waals surface area contributed by atoms with Crippen LogP contribution in [-0.4, -0.2) is 44.6 Å². The van der Waals surface area contributed by atoms with Gasteiger partial charge >= 0.3 is 0 Å². The van der Waals surface area contributed by atoms with Crippen molar-refractivity contribution in [2.24, 2.45) is 0 Å². The first-order valence-electron chi connectivity index (χ1n) is 6.86. The molecule has 1 aromatic carbocycles. The SMILES string of the molecule is CCNCc1ccccc1N1CCSCC1S(C)(=O)=O. The molecule has 0 bridgehead atoms. The molecule has 1 N–H and O–H groups in total. The second-order valence-corrected chi connectivity index (χ2v) is 8.31. The molecule has 1 fully saturated rings. The van der Waals surface area contributed by atoms with E-state index in [9.17, 15) is 8.42 Å². The molecule has 1 atom stereocenters. The van der Waals surface area contributed by atoms with Gasteiger partial charge in [0.1, 0.15) is 5.37 Å². The zero-order valence-corrected chi connectivity index (χ0v) is 13.6. The number of benzene rings is 1. The molecule has 1 saturated heterocycles. The molecule has 0 aliphatic carbocycles. The van der Waals surface area contributed by atoms with Crippen LogP contribution in [0.2, 0.25) is 0 Å². The van der Waals surface area contributed by atoms with Crippen LogP contribution in [0.25, 0.3) is 0 Å². The fraction of sp³-hybridized carbons (Fsp3) is 0.571. The lowest BCUT2D eigenvalue weighted by Gasteiger charge is -2.37. The predicted octanol–water partition coefficient (Wildman–Crippen LogP) is 1.72. The quantitative estimate of drug-likeness (QED) is 0.897. The van der Waals surface area contributed by atoms with E-state index in [0.717, 1.165) is 36.6 Å². The molecule has 1 unspecified atom stereocenters. The number of hydrogen-bond acceptors (Lipinski definition) is 5. The van der Waals surface area contributed by atoms with Crippen molar-refractivity contribution in [1.29, 1.82) is 0 Å².